The number of nitrogens with two attached hydrogens (primary N) is 1. The monoisotopic (exact) mass is 481 g/mol. The van der Waals surface area contributed by atoms with Gasteiger partial charge < -0.3 is 26.0 Å². The van der Waals surface area contributed by atoms with Crippen molar-refractivity contribution in [1.82, 2.24) is 5.32 Å². The molecule has 0 heterocycles. The van der Waals surface area contributed by atoms with E-state index in [1.54, 1.807) is 30.3 Å². The van der Waals surface area contributed by atoms with Crippen LogP contribution in [0, 0.1) is 5.41 Å². The van der Waals surface area contributed by atoms with E-state index in [9.17, 15) is 24.3 Å². The number of unbranched alkanes of at least 4 members (excludes halogenated alkanes) is 1. The molecule has 0 aliphatic heterocycles. The summed E-state index contributed by atoms with van der Waals surface area (Å²) in [6, 6.07) is 11.4. The average molecular weight is 482 g/mol. The van der Waals surface area contributed by atoms with Crippen LogP contribution in [0.4, 0.5) is 0 Å². The van der Waals surface area contributed by atoms with Crippen molar-refractivity contribution >= 4 is 35.7 Å². The third-order valence-corrected chi connectivity index (χ3v) is 5.00. The number of carboxylic acid groups (broad SMARTS) is 2. The highest BCUT2D eigenvalue weighted by Gasteiger charge is 2.20. The second-order valence-electron chi connectivity index (χ2n) is 7.78. The van der Waals surface area contributed by atoms with Crippen LogP contribution in [0.2, 0.25) is 0 Å². The Bertz CT molecular complexity index is 1120. The molecule has 2 rings (SSSR count). The predicted octanol–water partition coefficient (Wildman–Crippen LogP) is 2.81. The molecule has 35 heavy (non-hydrogen) atoms. The molecule has 1 amide bonds. The van der Waals surface area contributed by atoms with Gasteiger partial charge in [-0.15, -0.1) is 0 Å². The number of hydrogen-bond donors (Lipinski definition) is 5. The summed E-state index contributed by atoms with van der Waals surface area (Å²) >= 11 is 0. The van der Waals surface area contributed by atoms with Crippen molar-refractivity contribution in [2.75, 3.05) is 0 Å². The van der Waals surface area contributed by atoms with Crippen molar-refractivity contribution in [3.05, 3.63) is 70.8 Å². The lowest BCUT2D eigenvalue weighted by molar-refractivity contribution is -0.141. The molecule has 0 aliphatic rings. The zero-order valence-corrected chi connectivity index (χ0v) is 19.1. The zero-order chi connectivity index (χ0) is 26.0. The zero-order valence-electron chi connectivity index (χ0n) is 19.1. The first-order chi connectivity index (χ1) is 16.6. The lowest BCUT2D eigenvalue weighted by atomic mass is 10.1. The fraction of sp³-hybridized carbons (Fsp3) is 0.240. The van der Waals surface area contributed by atoms with Gasteiger partial charge in [0.15, 0.2) is 0 Å². The van der Waals surface area contributed by atoms with E-state index in [0.29, 0.717) is 29.7 Å². The van der Waals surface area contributed by atoms with Gasteiger partial charge in [0.25, 0.3) is 0 Å². The lowest BCUT2D eigenvalue weighted by Gasteiger charge is -2.14. The van der Waals surface area contributed by atoms with E-state index >= 15 is 0 Å². The standard InChI is InChI=1S/C25H27N3O7/c1-15(23(31)28-20(24(32)33)4-2-3-5-21(29)30)14-16-6-8-18(9-7-16)25(34)35-19-12-10-17(11-13-19)22(26)27/h6-14,20H,2-5H2,1H3,(H3,26,27)(H,28,31)(H,29,30)(H,32,33)/b15-14+. The summed E-state index contributed by atoms with van der Waals surface area (Å²) in [6.07, 6.45) is 2.28. The molecule has 0 saturated heterocycles. The number of benzene rings is 2. The number of amides is 1. The molecule has 6 N–H and O–H groups in total. The summed E-state index contributed by atoms with van der Waals surface area (Å²) in [6.45, 7) is 1.53. The second kappa shape index (κ2) is 12.7. The van der Waals surface area contributed by atoms with Gasteiger partial charge in [-0.3, -0.25) is 15.0 Å². The molecule has 1 atom stereocenters. The number of rotatable bonds is 12. The molecule has 0 radical (unpaired) electrons. The largest absolute Gasteiger partial charge is 0.481 e. The molecular formula is C25H27N3O7. The molecule has 0 bridgehead atoms. The Balaban J connectivity index is 1.96. The van der Waals surface area contributed by atoms with Crippen LogP contribution >= 0.6 is 0 Å². The molecule has 1 unspecified atom stereocenters. The molecule has 0 fully saturated rings. The van der Waals surface area contributed by atoms with Gasteiger partial charge in [0.1, 0.15) is 17.6 Å². The fourth-order valence-corrected chi connectivity index (χ4v) is 3.05. The maximum absolute atomic E-state index is 12.4. The van der Waals surface area contributed by atoms with E-state index in [1.165, 1.54) is 31.2 Å². The highest BCUT2D eigenvalue weighted by Crippen LogP contribution is 2.16. The Morgan fingerprint density at radius 1 is 1.00 bits per heavy atom. The van der Waals surface area contributed by atoms with Gasteiger partial charge in [-0.25, -0.2) is 9.59 Å². The SMILES string of the molecule is C/C(=C\c1ccc(C(=O)Oc2ccc(C(=N)N)cc2)cc1)C(=O)NC(CCCCC(=O)O)C(=O)O. The van der Waals surface area contributed by atoms with Crippen LogP contribution in [0.1, 0.15) is 54.1 Å². The Morgan fingerprint density at radius 3 is 2.14 bits per heavy atom. The van der Waals surface area contributed by atoms with Crippen molar-refractivity contribution < 1.29 is 34.1 Å². The van der Waals surface area contributed by atoms with E-state index < -0.39 is 29.9 Å². The number of esters is 1. The van der Waals surface area contributed by atoms with E-state index in [2.05, 4.69) is 5.32 Å². The van der Waals surface area contributed by atoms with Gasteiger partial charge in [0.2, 0.25) is 5.91 Å². The summed E-state index contributed by atoms with van der Waals surface area (Å²) in [5.74, 6) is -3.09. The van der Waals surface area contributed by atoms with Crippen LogP contribution in [-0.2, 0) is 14.4 Å². The van der Waals surface area contributed by atoms with Gasteiger partial charge in [-0.2, -0.15) is 0 Å². The maximum atomic E-state index is 12.4. The molecule has 0 spiro atoms. The van der Waals surface area contributed by atoms with Crippen molar-refractivity contribution in [3.63, 3.8) is 0 Å². The normalized spacial score (nSPS) is 11.9. The third-order valence-electron chi connectivity index (χ3n) is 5.00. The number of carbonyl (C=O) groups excluding carboxylic acids is 2. The van der Waals surface area contributed by atoms with Gasteiger partial charge in [0.05, 0.1) is 5.56 Å². The van der Waals surface area contributed by atoms with Crippen molar-refractivity contribution in [1.29, 1.82) is 5.41 Å². The highest BCUT2D eigenvalue weighted by molar-refractivity contribution is 5.99. The first-order valence-electron chi connectivity index (χ1n) is 10.8. The summed E-state index contributed by atoms with van der Waals surface area (Å²) in [7, 11) is 0. The number of amidine groups is 1. The molecule has 184 valence electrons. The molecule has 2 aromatic rings. The predicted molar refractivity (Wildman–Crippen MR) is 128 cm³/mol. The Kier molecular flexibility index (Phi) is 9.71. The van der Waals surface area contributed by atoms with Crippen molar-refractivity contribution in [2.45, 2.75) is 38.6 Å². The van der Waals surface area contributed by atoms with Crippen molar-refractivity contribution in [3.8, 4) is 5.75 Å². The first kappa shape index (κ1) is 26.8. The number of nitrogens with one attached hydrogen (secondary N) is 2. The highest BCUT2D eigenvalue weighted by atomic mass is 16.5. The Hall–Kier alpha value is -4.47. The Morgan fingerprint density at radius 2 is 1.60 bits per heavy atom. The number of nitrogen functional groups attached to an aromatic ring is 1. The first-order valence-corrected chi connectivity index (χ1v) is 10.8. The lowest BCUT2D eigenvalue weighted by Crippen LogP contribution is -2.41. The molecule has 0 saturated carbocycles. The van der Waals surface area contributed by atoms with Gasteiger partial charge in [-0.05, 0) is 67.8 Å². The van der Waals surface area contributed by atoms with Crippen molar-refractivity contribution in [2.24, 2.45) is 5.73 Å². The van der Waals surface area contributed by atoms with Crippen LogP contribution in [0.25, 0.3) is 6.08 Å². The smallest absolute Gasteiger partial charge is 0.343 e. The number of carboxylic acids is 2. The number of hydrogen-bond acceptors (Lipinski definition) is 6. The van der Waals surface area contributed by atoms with E-state index in [-0.39, 0.29) is 29.8 Å². The van der Waals surface area contributed by atoms with Crippen LogP contribution in [0.3, 0.4) is 0 Å². The molecule has 10 heteroatoms. The van der Waals surface area contributed by atoms with E-state index in [0.717, 1.165) is 0 Å². The van der Waals surface area contributed by atoms with E-state index in [4.69, 9.17) is 21.0 Å². The number of carbonyl (C=O) groups is 4. The summed E-state index contributed by atoms with van der Waals surface area (Å²) in [5.41, 5.74) is 7.07. The summed E-state index contributed by atoms with van der Waals surface area (Å²) in [5, 5.41) is 27.8. The minimum absolute atomic E-state index is 0.0606. The molecule has 2 aromatic carbocycles. The van der Waals surface area contributed by atoms with E-state index in [1.807, 2.05) is 0 Å². The second-order valence-corrected chi connectivity index (χ2v) is 7.78. The van der Waals surface area contributed by atoms with Gasteiger partial charge in [0, 0.05) is 17.6 Å². The van der Waals surface area contributed by atoms with Crippen LogP contribution < -0.4 is 15.8 Å². The Labute approximate surface area is 201 Å². The third kappa shape index (κ3) is 8.77. The topological polar surface area (TPSA) is 180 Å². The van der Waals surface area contributed by atoms with Crippen LogP contribution in [0.15, 0.2) is 54.1 Å². The minimum atomic E-state index is -1.19. The summed E-state index contributed by atoms with van der Waals surface area (Å²) in [4.78, 5) is 46.7. The maximum Gasteiger partial charge on any atom is 0.343 e. The number of ether oxygens (including phenoxy) is 1. The minimum Gasteiger partial charge on any atom is -0.481 e. The average Bonchev–Trinajstić information content (AvgIpc) is 2.81. The van der Waals surface area contributed by atoms with Crippen LogP contribution in [-0.4, -0.2) is 45.9 Å². The fourth-order valence-electron chi connectivity index (χ4n) is 3.05. The quantitative estimate of drug-likeness (QED) is 0.0766. The number of aliphatic carboxylic acids is 2. The molecule has 0 aromatic heterocycles. The molecular weight excluding hydrogens is 454 g/mol. The van der Waals surface area contributed by atoms with Gasteiger partial charge in [-0.1, -0.05) is 18.6 Å². The molecule has 10 nitrogen and oxygen atoms in total. The summed E-state index contributed by atoms with van der Waals surface area (Å²) < 4.78 is 5.30. The van der Waals surface area contributed by atoms with Crippen LogP contribution in [0.5, 0.6) is 5.75 Å². The molecule has 0 aliphatic carbocycles. The van der Waals surface area contributed by atoms with Gasteiger partial charge >= 0.3 is 17.9 Å².